The summed E-state index contributed by atoms with van der Waals surface area (Å²) in [6, 6.07) is 9.86. The van der Waals surface area contributed by atoms with E-state index >= 15 is 0 Å². The van der Waals surface area contributed by atoms with Gasteiger partial charge in [-0.05, 0) is 43.5 Å². The molecule has 0 radical (unpaired) electrons. The highest BCUT2D eigenvalue weighted by molar-refractivity contribution is 7.12. The summed E-state index contributed by atoms with van der Waals surface area (Å²) in [6.07, 6.45) is 0. The first kappa shape index (κ1) is 16.8. The minimum Gasteiger partial charge on any atom is -0.341 e. The maximum absolute atomic E-state index is 12.4. The van der Waals surface area contributed by atoms with Crippen LogP contribution in [0.3, 0.4) is 0 Å². The fraction of sp³-hybridized carbons (Fsp3) is 0.176. The number of aryl methyl sites for hydroxylation is 1. The zero-order valence-corrected chi connectivity index (χ0v) is 14.5. The molecule has 0 aliphatic rings. The van der Waals surface area contributed by atoms with Crippen molar-refractivity contribution in [1.82, 2.24) is 15.5 Å². The van der Waals surface area contributed by atoms with Gasteiger partial charge in [0, 0.05) is 11.3 Å². The Bertz CT molecular complexity index is 889. The third kappa shape index (κ3) is 4.10. The van der Waals surface area contributed by atoms with E-state index in [1.54, 1.807) is 44.2 Å². The highest BCUT2D eigenvalue weighted by atomic mass is 32.1. The number of amides is 2. The van der Waals surface area contributed by atoms with Crippen molar-refractivity contribution in [2.24, 2.45) is 0 Å². The summed E-state index contributed by atoms with van der Waals surface area (Å²) < 4.78 is 5.05. The molecular weight excluding hydrogens is 340 g/mol. The van der Waals surface area contributed by atoms with Gasteiger partial charge >= 0.3 is 0 Å². The molecule has 0 fully saturated rings. The van der Waals surface area contributed by atoms with E-state index in [0.717, 1.165) is 0 Å². The van der Waals surface area contributed by atoms with Crippen molar-refractivity contribution >= 4 is 28.8 Å². The Morgan fingerprint density at radius 3 is 2.72 bits per heavy atom. The number of carbonyl (C=O) groups is 2. The van der Waals surface area contributed by atoms with Crippen molar-refractivity contribution in [3.8, 4) is 0 Å². The van der Waals surface area contributed by atoms with E-state index in [2.05, 4.69) is 20.8 Å². The lowest BCUT2D eigenvalue weighted by molar-refractivity contribution is 0.0931. The zero-order valence-electron chi connectivity index (χ0n) is 13.6. The molecule has 1 unspecified atom stereocenters. The van der Waals surface area contributed by atoms with Crippen LogP contribution in [0.4, 0.5) is 5.69 Å². The molecule has 0 aliphatic heterocycles. The van der Waals surface area contributed by atoms with Crippen LogP contribution in [0.2, 0.25) is 0 Å². The van der Waals surface area contributed by atoms with Crippen molar-refractivity contribution in [3.63, 3.8) is 0 Å². The van der Waals surface area contributed by atoms with E-state index in [0.29, 0.717) is 27.8 Å². The molecule has 0 aliphatic carbocycles. The van der Waals surface area contributed by atoms with Gasteiger partial charge in [0.2, 0.25) is 5.89 Å². The van der Waals surface area contributed by atoms with Gasteiger partial charge < -0.3 is 15.2 Å². The number of nitrogens with zero attached hydrogens (tertiary/aromatic N) is 2. The van der Waals surface area contributed by atoms with Crippen molar-refractivity contribution < 1.29 is 14.1 Å². The molecule has 8 heteroatoms. The third-order valence-corrected chi connectivity index (χ3v) is 4.26. The predicted octanol–water partition coefficient (Wildman–Crippen LogP) is 3.18. The minimum absolute atomic E-state index is 0.206. The van der Waals surface area contributed by atoms with Crippen molar-refractivity contribution in [2.45, 2.75) is 19.9 Å². The second-order valence-corrected chi connectivity index (χ2v) is 6.33. The van der Waals surface area contributed by atoms with Gasteiger partial charge in [0.05, 0.1) is 4.88 Å². The Labute approximate surface area is 148 Å². The molecule has 3 rings (SSSR count). The lowest BCUT2D eigenvalue weighted by Gasteiger charge is -2.11. The first-order chi connectivity index (χ1) is 12.0. The Morgan fingerprint density at radius 2 is 2.04 bits per heavy atom. The summed E-state index contributed by atoms with van der Waals surface area (Å²) in [5.41, 5.74) is 0.972. The number of anilines is 1. The van der Waals surface area contributed by atoms with E-state index in [-0.39, 0.29) is 11.8 Å². The van der Waals surface area contributed by atoms with Crippen LogP contribution in [0.15, 0.2) is 46.3 Å². The van der Waals surface area contributed by atoms with E-state index < -0.39 is 6.04 Å². The Balaban J connectivity index is 1.68. The molecule has 0 saturated heterocycles. The lowest BCUT2D eigenvalue weighted by Crippen LogP contribution is -2.27. The molecule has 2 N–H and O–H groups in total. The first-order valence-electron chi connectivity index (χ1n) is 7.59. The number of hydrogen-bond acceptors (Lipinski definition) is 6. The molecule has 3 aromatic rings. The Kier molecular flexibility index (Phi) is 4.90. The van der Waals surface area contributed by atoms with Gasteiger partial charge in [0.1, 0.15) is 6.04 Å². The zero-order chi connectivity index (χ0) is 17.8. The molecule has 128 valence electrons. The van der Waals surface area contributed by atoms with Crippen LogP contribution >= 0.6 is 11.3 Å². The van der Waals surface area contributed by atoms with Gasteiger partial charge in [0.15, 0.2) is 5.82 Å². The van der Waals surface area contributed by atoms with E-state index in [1.165, 1.54) is 11.3 Å². The van der Waals surface area contributed by atoms with Gasteiger partial charge in [-0.3, -0.25) is 9.59 Å². The minimum atomic E-state index is -0.418. The van der Waals surface area contributed by atoms with E-state index in [9.17, 15) is 9.59 Å². The van der Waals surface area contributed by atoms with Gasteiger partial charge in [-0.15, -0.1) is 11.3 Å². The van der Waals surface area contributed by atoms with Crippen molar-refractivity contribution in [1.29, 1.82) is 0 Å². The summed E-state index contributed by atoms with van der Waals surface area (Å²) >= 11 is 1.35. The maximum atomic E-state index is 12.4. The second kappa shape index (κ2) is 7.27. The predicted molar refractivity (Wildman–Crippen MR) is 93.6 cm³/mol. The number of rotatable bonds is 5. The number of hydrogen-bond donors (Lipinski definition) is 2. The summed E-state index contributed by atoms with van der Waals surface area (Å²) in [6.45, 7) is 3.47. The number of nitrogens with one attached hydrogen (secondary N) is 2. The quantitative estimate of drug-likeness (QED) is 0.732. The molecule has 0 spiro atoms. The number of aromatic nitrogens is 2. The number of benzene rings is 1. The average molecular weight is 356 g/mol. The van der Waals surface area contributed by atoms with E-state index in [4.69, 9.17) is 4.52 Å². The van der Waals surface area contributed by atoms with Crippen LogP contribution in [-0.4, -0.2) is 22.0 Å². The van der Waals surface area contributed by atoms with Gasteiger partial charge in [-0.1, -0.05) is 17.3 Å². The SMILES string of the molecule is Cc1noc(C(C)NC(=O)c2cccc(NC(=O)c3cccs3)c2)n1. The molecule has 0 bridgehead atoms. The topological polar surface area (TPSA) is 97.1 Å². The lowest BCUT2D eigenvalue weighted by atomic mass is 10.1. The molecular formula is C17H16N4O3S. The molecule has 25 heavy (non-hydrogen) atoms. The van der Waals surface area contributed by atoms with Crippen LogP contribution in [0, 0.1) is 6.92 Å². The van der Waals surface area contributed by atoms with Crippen molar-refractivity contribution in [2.75, 3.05) is 5.32 Å². The summed E-state index contributed by atoms with van der Waals surface area (Å²) in [5.74, 6) is 0.347. The molecule has 2 amide bonds. The number of thiophene rings is 1. The fourth-order valence-corrected chi connectivity index (χ4v) is 2.79. The summed E-state index contributed by atoms with van der Waals surface area (Å²) in [4.78, 5) is 29.2. The van der Waals surface area contributed by atoms with Crippen molar-refractivity contribution in [3.05, 3.63) is 63.9 Å². The maximum Gasteiger partial charge on any atom is 0.265 e. The molecule has 7 nitrogen and oxygen atoms in total. The van der Waals surface area contributed by atoms with Gasteiger partial charge in [-0.2, -0.15) is 4.98 Å². The van der Waals surface area contributed by atoms with Gasteiger partial charge in [-0.25, -0.2) is 0 Å². The van der Waals surface area contributed by atoms with Crippen LogP contribution in [0.1, 0.15) is 44.7 Å². The largest absolute Gasteiger partial charge is 0.341 e. The second-order valence-electron chi connectivity index (χ2n) is 5.39. The van der Waals surface area contributed by atoms with Crippen LogP contribution in [-0.2, 0) is 0 Å². The van der Waals surface area contributed by atoms with Gasteiger partial charge in [0.25, 0.3) is 11.8 Å². The molecule has 0 saturated carbocycles. The smallest absolute Gasteiger partial charge is 0.265 e. The molecule has 2 heterocycles. The van der Waals surface area contributed by atoms with Crippen LogP contribution in [0.5, 0.6) is 0 Å². The highest BCUT2D eigenvalue weighted by Gasteiger charge is 2.17. The number of carbonyl (C=O) groups excluding carboxylic acids is 2. The third-order valence-electron chi connectivity index (χ3n) is 3.39. The monoisotopic (exact) mass is 356 g/mol. The molecule has 2 aromatic heterocycles. The molecule has 1 atom stereocenters. The molecule has 1 aromatic carbocycles. The van der Waals surface area contributed by atoms with Crippen LogP contribution < -0.4 is 10.6 Å². The average Bonchev–Trinajstić information content (AvgIpc) is 3.26. The fourth-order valence-electron chi connectivity index (χ4n) is 2.17. The highest BCUT2D eigenvalue weighted by Crippen LogP contribution is 2.16. The van der Waals surface area contributed by atoms with E-state index in [1.807, 2.05) is 11.4 Å². The summed E-state index contributed by atoms with van der Waals surface area (Å²) in [5, 5.41) is 11.1. The summed E-state index contributed by atoms with van der Waals surface area (Å²) in [7, 11) is 0. The Morgan fingerprint density at radius 1 is 1.20 bits per heavy atom. The normalized spacial score (nSPS) is 11.8. The van der Waals surface area contributed by atoms with Crippen LogP contribution in [0.25, 0.3) is 0 Å². The standard InChI is InChI=1S/C17H16N4O3S/c1-10(17-19-11(2)21-24-17)18-15(22)12-5-3-6-13(9-12)20-16(23)14-7-4-8-25-14/h3-10H,1-2H3,(H,18,22)(H,20,23). The Hall–Kier alpha value is -3.00. The first-order valence-corrected chi connectivity index (χ1v) is 8.47.